The molecule has 1 fully saturated rings. The predicted molar refractivity (Wildman–Crippen MR) is 82.0 cm³/mol. The number of hydrogen-bond acceptors (Lipinski definition) is 5. The molecule has 110 valence electrons. The van der Waals surface area contributed by atoms with Crippen molar-refractivity contribution in [2.75, 3.05) is 13.4 Å². The first-order valence-electron chi connectivity index (χ1n) is 7.02. The monoisotopic (exact) mass is 294 g/mol. The fourth-order valence-corrected chi connectivity index (χ4v) is 3.26. The molecule has 1 aliphatic carbocycles. The number of methoxy groups -OCH3 is 1. The van der Waals surface area contributed by atoms with Gasteiger partial charge in [-0.3, -0.25) is 4.98 Å². The van der Waals surface area contributed by atoms with E-state index in [-0.39, 0.29) is 5.97 Å². The Morgan fingerprint density at radius 2 is 2.15 bits per heavy atom. The predicted octanol–water partition coefficient (Wildman–Crippen LogP) is 2.63. The molecule has 1 heterocycles. The number of nitrogens with one attached hydrogen (secondary N) is 1. The minimum Gasteiger partial charge on any atom is -0.465 e. The van der Waals surface area contributed by atoms with E-state index in [2.05, 4.69) is 21.3 Å². The zero-order chi connectivity index (χ0) is 14.4. The highest BCUT2D eigenvalue weighted by molar-refractivity contribution is 7.99. The minimum absolute atomic E-state index is 0.340. The highest BCUT2D eigenvalue weighted by Gasteiger charge is 2.19. The average Bonchev–Trinajstić information content (AvgIpc) is 2.53. The molecule has 0 aromatic carbocycles. The van der Waals surface area contributed by atoms with Crippen LogP contribution in [0.5, 0.6) is 0 Å². The van der Waals surface area contributed by atoms with Gasteiger partial charge in [-0.05, 0) is 44.1 Å². The molecule has 0 unspecified atom stereocenters. The van der Waals surface area contributed by atoms with Crippen molar-refractivity contribution in [3.05, 3.63) is 29.6 Å². The van der Waals surface area contributed by atoms with Crippen LogP contribution in [0.1, 0.15) is 41.7 Å². The minimum atomic E-state index is -0.340. The average molecular weight is 294 g/mol. The summed E-state index contributed by atoms with van der Waals surface area (Å²) < 4.78 is 4.66. The number of pyridine rings is 1. The van der Waals surface area contributed by atoms with Crippen molar-refractivity contribution in [3.8, 4) is 0 Å². The summed E-state index contributed by atoms with van der Waals surface area (Å²) in [6, 6.07) is 4.24. The highest BCUT2D eigenvalue weighted by atomic mass is 32.2. The van der Waals surface area contributed by atoms with Crippen LogP contribution >= 0.6 is 11.8 Å². The molecule has 4 nitrogen and oxygen atoms in total. The Kier molecular flexibility index (Phi) is 5.86. The third-order valence-electron chi connectivity index (χ3n) is 3.83. The number of carbonyl (C=O) groups is 1. The topological polar surface area (TPSA) is 51.2 Å². The Labute approximate surface area is 124 Å². The number of ether oxygens (including phenoxy) is 1. The third-order valence-corrected chi connectivity index (χ3v) is 4.96. The number of hydrogen-bond donors (Lipinski definition) is 1. The third kappa shape index (κ3) is 4.21. The molecule has 0 saturated heterocycles. The van der Waals surface area contributed by atoms with Crippen LogP contribution in [-0.4, -0.2) is 35.6 Å². The first-order valence-corrected chi connectivity index (χ1v) is 8.31. The van der Waals surface area contributed by atoms with Gasteiger partial charge in [0.05, 0.1) is 18.4 Å². The van der Waals surface area contributed by atoms with Crippen molar-refractivity contribution >= 4 is 17.7 Å². The molecule has 0 radical (unpaired) electrons. The van der Waals surface area contributed by atoms with Crippen LogP contribution < -0.4 is 5.32 Å². The normalized spacial score (nSPS) is 22.5. The fraction of sp³-hybridized carbons (Fsp3) is 0.600. The van der Waals surface area contributed by atoms with Crippen molar-refractivity contribution in [2.24, 2.45) is 0 Å². The van der Waals surface area contributed by atoms with Gasteiger partial charge in [-0.15, -0.1) is 0 Å². The van der Waals surface area contributed by atoms with Crippen molar-refractivity contribution in [1.82, 2.24) is 10.3 Å². The highest BCUT2D eigenvalue weighted by Crippen LogP contribution is 2.26. The van der Waals surface area contributed by atoms with Gasteiger partial charge in [0.2, 0.25) is 0 Å². The number of rotatable bonds is 5. The van der Waals surface area contributed by atoms with Crippen LogP contribution in [0.15, 0.2) is 18.3 Å². The van der Waals surface area contributed by atoms with E-state index in [0.717, 1.165) is 17.5 Å². The second-order valence-corrected chi connectivity index (χ2v) is 6.26. The van der Waals surface area contributed by atoms with Crippen LogP contribution in [0.3, 0.4) is 0 Å². The summed E-state index contributed by atoms with van der Waals surface area (Å²) in [5.41, 5.74) is 1.46. The fourth-order valence-electron chi connectivity index (χ4n) is 2.52. The van der Waals surface area contributed by atoms with Crippen LogP contribution in [0, 0.1) is 0 Å². The molecular weight excluding hydrogens is 272 g/mol. The lowest BCUT2D eigenvalue weighted by Crippen LogP contribution is -2.33. The summed E-state index contributed by atoms with van der Waals surface area (Å²) in [5, 5.41) is 4.40. The van der Waals surface area contributed by atoms with Crippen LogP contribution in [0.4, 0.5) is 0 Å². The second-order valence-electron chi connectivity index (χ2n) is 5.12. The van der Waals surface area contributed by atoms with Gasteiger partial charge in [0.25, 0.3) is 0 Å². The lowest BCUT2D eigenvalue weighted by atomic mass is 9.95. The van der Waals surface area contributed by atoms with Crippen LogP contribution in [0.25, 0.3) is 0 Å². The zero-order valence-electron chi connectivity index (χ0n) is 12.1. The SMILES string of the molecule is COC(=O)c1ccc(CNC2CCC(SC)CC2)nc1. The molecule has 1 aliphatic rings. The van der Waals surface area contributed by atoms with E-state index in [1.54, 1.807) is 12.3 Å². The number of carbonyl (C=O) groups excluding carboxylic acids is 1. The Hall–Kier alpha value is -1.07. The van der Waals surface area contributed by atoms with Gasteiger partial charge < -0.3 is 10.1 Å². The van der Waals surface area contributed by atoms with Gasteiger partial charge in [-0.2, -0.15) is 11.8 Å². The molecule has 20 heavy (non-hydrogen) atoms. The lowest BCUT2D eigenvalue weighted by molar-refractivity contribution is 0.0600. The molecule has 0 aliphatic heterocycles. The molecule has 2 rings (SSSR count). The standard InChI is InChI=1S/C15H22N2O2S/c1-19-15(18)11-3-4-13(16-9-11)10-17-12-5-7-14(20-2)8-6-12/h3-4,9,12,14,17H,5-8,10H2,1-2H3. The quantitative estimate of drug-likeness (QED) is 0.846. The van der Waals surface area contributed by atoms with E-state index in [0.29, 0.717) is 11.6 Å². The van der Waals surface area contributed by atoms with E-state index >= 15 is 0 Å². The van der Waals surface area contributed by atoms with E-state index in [1.165, 1.54) is 32.8 Å². The molecule has 5 heteroatoms. The molecular formula is C15H22N2O2S. The number of thioether (sulfide) groups is 1. The first-order chi connectivity index (χ1) is 9.72. The zero-order valence-corrected chi connectivity index (χ0v) is 12.9. The Morgan fingerprint density at radius 1 is 1.40 bits per heavy atom. The van der Waals surface area contributed by atoms with Gasteiger partial charge in [-0.25, -0.2) is 4.79 Å². The van der Waals surface area contributed by atoms with Crippen LogP contribution in [-0.2, 0) is 11.3 Å². The Bertz CT molecular complexity index is 428. The summed E-state index contributed by atoms with van der Waals surface area (Å²) >= 11 is 1.98. The molecule has 0 amide bonds. The van der Waals surface area contributed by atoms with Gasteiger partial charge in [0.1, 0.15) is 0 Å². The summed E-state index contributed by atoms with van der Waals surface area (Å²) in [4.78, 5) is 15.6. The van der Waals surface area contributed by atoms with Gasteiger partial charge in [0.15, 0.2) is 0 Å². The summed E-state index contributed by atoms with van der Waals surface area (Å²) in [6.45, 7) is 0.760. The van der Waals surface area contributed by atoms with E-state index < -0.39 is 0 Å². The second kappa shape index (κ2) is 7.64. The summed E-state index contributed by atoms with van der Waals surface area (Å²) in [7, 11) is 1.38. The molecule has 1 saturated carbocycles. The molecule has 0 bridgehead atoms. The van der Waals surface area contributed by atoms with Gasteiger partial charge >= 0.3 is 5.97 Å². The molecule has 1 aromatic rings. The number of esters is 1. The summed E-state index contributed by atoms with van der Waals surface area (Å²) in [5.74, 6) is -0.340. The van der Waals surface area contributed by atoms with Crippen molar-refractivity contribution in [1.29, 1.82) is 0 Å². The van der Waals surface area contributed by atoms with Crippen molar-refractivity contribution in [3.63, 3.8) is 0 Å². The molecule has 1 aromatic heterocycles. The maximum absolute atomic E-state index is 11.3. The summed E-state index contributed by atoms with van der Waals surface area (Å²) in [6.07, 6.45) is 8.86. The molecule has 0 spiro atoms. The van der Waals surface area contributed by atoms with Gasteiger partial charge in [-0.1, -0.05) is 0 Å². The van der Waals surface area contributed by atoms with Crippen molar-refractivity contribution in [2.45, 2.75) is 43.5 Å². The van der Waals surface area contributed by atoms with Crippen molar-refractivity contribution < 1.29 is 9.53 Å². The van der Waals surface area contributed by atoms with E-state index in [4.69, 9.17) is 0 Å². The Morgan fingerprint density at radius 3 is 2.70 bits per heavy atom. The molecule has 0 atom stereocenters. The van der Waals surface area contributed by atoms with Crippen LogP contribution in [0.2, 0.25) is 0 Å². The maximum Gasteiger partial charge on any atom is 0.339 e. The number of nitrogens with zero attached hydrogens (tertiary/aromatic N) is 1. The Balaban J connectivity index is 1.78. The first kappa shape index (κ1) is 15.3. The van der Waals surface area contributed by atoms with E-state index in [1.807, 2.05) is 17.8 Å². The maximum atomic E-state index is 11.3. The smallest absolute Gasteiger partial charge is 0.339 e. The lowest BCUT2D eigenvalue weighted by Gasteiger charge is -2.28. The van der Waals surface area contributed by atoms with E-state index in [9.17, 15) is 4.79 Å². The largest absolute Gasteiger partial charge is 0.465 e. The molecule has 1 N–H and O–H groups in total. The van der Waals surface area contributed by atoms with Gasteiger partial charge in [0, 0.05) is 24.0 Å². The number of aromatic nitrogens is 1.